The zero-order valence-electron chi connectivity index (χ0n) is 16.5. The Hall–Kier alpha value is -3.69. The van der Waals surface area contributed by atoms with Gasteiger partial charge in [-0.15, -0.1) is 11.3 Å². The van der Waals surface area contributed by atoms with Gasteiger partial charge in [-0.1, -0.05) is 32.0 Å². The van der Waals surface area contributed by atoms with E-state index in [0.717, 1.165) is 15.5 Å². The van der Waals surface area contributed by atoms with Crippen LogP contribution in [0.3, 0.4) is 0 Å². The van der Waals surface area contributed by atoms with Crippen molar-refractivity contribution in [3.05, 3.63) is 87.7 Å². The molecular formula is C24H19N3O2S. The lowest BCUT2D eigenvalue weighted by atomic mass is 10.0. The van der Waals surface area contributed by atoms with E-state index in [2.05, 4.69) is 19.2 Å². The van der Waals surface area contributed by atoms with Crippen LogP contribution < -0.4 is 10.2 Å². The van der Waals surface area contributed by atoms with Gasteiger partial charge in [-0.25, -0.2) is 4.90 Å². The van der Waals surface area contributed by atoms with Crippen molar-refractivity contribution in [2.24, 2.45) is 0 Å². The summed E-state index contributed by atoms with van der Waals surface area (Å²) in [5.41, 5.74) is 3.45. The van der Waals surface area contributed by atoms with Crippen LogP contribution in [0.5, 0.6) is 0 Å². The van der Waals surface area contributed by atoms with Crippen LogP contribution in [0.1, 0.15) is 35.8 Å². The van der Waals surface area contributed by atoms with Crippen LogP contribution in [0, 0.1) is 11.3 Å². The fourth-order valence-corrected chi connectivity index (χ4v) is 4.08. The maximum absolute atomic E-state index is 13.3. The van der Waals surface area contributed by atoms with Crippen LogP contribution in [0.4, 0.5) is 11.4 Å². The number of imide groups is 1. The Kier molecular flexibility index (Phi) is 5.21. The number of hydrogen-bond acceptors (Lipinski definition) is 5. The SMILES string of the molecule is CC(C)c1ccc(NC2=C(c3cccs3)C(=O)N(c3ccc(C#N)cc3)C2=O)cc1. The summed E-state index contributed by atoms with van der Waals surface area (Å²) >= 11 is 1.41. The first-order chi connectivity index (χ1) is 14.5. The van der Waals surface area contributed by atoms with Gasteiger partial charge in [0.25, 0.3) is 11.8 Å². The quantitative estimate of drug-likeness (QED) is 0.588. The average molecular weight is 414 g/mol. The first kappa shape index (κ1) is 19.6. The molecule has 1 aliphatic heterocycles. The Balaban J connectivity index is 1.73. The van der Waals surface area contributed by atoms with Gasteiger partial charge in [0.1, 0.15) is 5.70 Å². The second-order valence-electron chi connectivity index (χ2n) is 7.23. The number of rotatable bonds is 5. The molecule has 1 aromatic heterocycles. The summed E-state index contributed by atoms with van der Waals surface area (Å²) < 4.78 is 0. The van der Waals surface area contributed by atoms with Gasteiger partial charge >= 0.3 is 0 Å². The highest BCUT2D eigenvalue weighted by atomic mass is 32.1. The van der Waals surface area contributed by atoms with Gasteiger partial charge in [0, 0.05) is 10.6 Å². The number of nitrogens with one attached hydrogen (secondary N) is 1. The lowest BCUT2D eigenvalue weighted by molar-refractivity contribution is -0.120. The number of carbonyl (C=O) groups excluding carboxylic acids is 2. The lowest BCUT2D eigenvalue weighted by Crippen LogP contribution is -2.32. The number of anilines is 2. The Bertz CT molecular complexity index is 1170. The fraction of sp³-hybridized carbons (Fsp3) is 0.125. The number of nitrogens with zero attached hydrogens (tertiary/aromatic N) is 2. The van der Waals surface area contributed by atoms with Crippen LogP contribution in [0.2, 0.25) is 0 Å². The number of nitriles is 1. The smallest absolute Gasteiger partial charge is 0.282 e. The summed E-state index contributed by atoms with van der Waals surface area (Å²) in [6.07, 6.45) is 0. The van der Waals surface area contributed by atoms with E-state index in [4.69, 9.17) is 5.26 Å². The maximum atomic E-state index is 13.3. The van der Waals surface area contributed by atoms with Crippen LogP contribution >= 0.6 is 11.3 Å². The molecule has 148 valence electrons. The maximum Gasteiger partial charge on any atom is 0.282 e. The molecule has 4 rings (SSSR count). The standard InChI is InChI=1S/C24H19N3O2S/c1-15(2)17-7-9-18(10-8-17)26-22-21(20-4-3-13-30-20)23(28)27(24(22)29)19-11-5-16(14-25)6-12-19/h3-13,15,26H,1-2H3. The van der Waals surface area contributed by atoms with Crippen LogP contribution in [-0.2, 0) is 9.59 Å². The highest BCUT2D eigenvalue weighted by molar-refractivity contribution is 7.11. The van der Waals surface area contributed by atoms with E-state index in [1.54, 1.807) is 24.3 Å². The summed E-state index contributed by atoms with van der Waals surface area (Å²) in [6, 6.07) is 20.0. The van der Waals surface area contributed by atoms with Crippen molar-refractivity contribution in [2.75, 3.05) is 10.2 Å². The van der Waals surface area contributed by atoms with Gasteiger partial charge in [-0.05, 0) is 59.3 Å². The molecule has 1 aliphatic rings. The third kappa shape index (κ3) is 3.51. The van der Waals surface area contributed by atoms with Crippen molar-refractivity contribution in [3.8, 4) is 6.07 Å². The minimum absolute atomic E-state index is 0.254. The predicted octanol–water partition coefficient (Wildman–Crippen LogP) is 5.14. The van der Waals surface area contributed by atoms with E-state index in [1.165, 1.54) is 16.9 Å². The molecule has 0 saturated heterocycles. The van der Waals surface area contributed by atoms with Crippen LogP contribution in [0.15, 0.2) is 71.7 Å². The topological polar surface area (TPSA) is 73.2 Å². The monoisotopic (exact) mass is 413 g/mol. The Morgan fingerprint density at radius 2 is 1.67 bits per heavy atom. The van der Waals surface area contributed by atoms with E-state index in [-0.39, 0.29) is 11.6 Å². The highest BCUT2D eigenvalue weighted by Crippen LogP contribution is 2.35. The normalized spacial score (nSPS) is 13.9. The molecule has 0 unspecified atom stereocenters. The molecule has 0 atom stereocenters. The molecule has 5 nitrogen and oxygen atoms in total. The minimum Gasteiger partial charge on any atom is -0.350 e. The molecule has 3 aromatic rings. The van der Waals surface area contributed by atoms with Gasteiger partial charge in [0.05, 0.1) is 22.9 Å². The van der Waals surface area contributed by atoms with Crippen molar-refractivity contribution in [2.45, 2.75) is 19.8 Å². The summed E-state index contributed by atoms with van der Waals surface area (Å²) in [5, 5.41) is 14.1. The van der Waals surface area contributed by atoms with Gasteiger partial charge in [-0.2, -0.15) is 5.26 Å². The molecule has 0 aliphatic carbocycles. The summed E-state index contributed by atoms with van der Waals surface area (Å²) in [5.74, 6) is -0.393. The summed E-state index contributed by atoms with van der Waals surface area (Å²) in [6.45, 7) is 4.24. The van der Waals surface area contributed by atoms with Crippen molar-refractivity contribution < 1.29 is 9.59 Å². The Labute approximate surface area is 178 Å². The van der Waals surface area contributed by atoms with Crippen molar-refractivity contribution >= 4 is 40.1 Å². The van der Waals surface area contributed by atoms with E-state index >= 15 is 0 Å². The zero-order valence-corrected chi connectivity index (χ0v) is 17.4. The summed E-state index contributed by atoms with van der Waals surface area (Å²) in [4.78, 5) is 28.4. The molecule has 0 radical (unpaired) electrons. The van der Waals surface area contributed by atoms with Gasteiger partial charge < -0.3 is 5.32 Å². The molecule has 0 bridgehead atoms. The number of amides is 2. The second-order valence-corrected chi connectivity index (χ2v) is 8.18. The van der Waals surface area contributed by atoms with Crippen molar-refractivity contribution in [1.29, 1.82) is 5.26 Å². The average Bonchev–Trinajstić information content (AvgIpc) is 3.35. The molecule has 6 heteroatoms. The fourth-order valence-electron chi connectivity index (χ4n) is 3.31. The minimum atomic E-state index is -0.416. The third-order valence-electron chi connectivity index (χ3n) is 4.95. The second kappa shape index (κ2) is 7.97. The molecule has 1 N–H and O–H groups in total. The number of benzene rings is 2. The van der Waals surface area contributed by atoms with Crippen LogP contribution in [-0.4, -0.2) is 11.8 Å². The van der Waals surface area contributed by atoms with E-state index in [1.807, 2.05) is 47.8 Å². The van der Waals surface area contributed by atoms with Crippen LogP contribution in [0.25, 0.3) is 5.57 Å². The first-order valence-corrected chi connectivity index (χ1v) is 10.4. The van der Waals surface area contributed by atoms with Gasteiger partial charge in [0.2, 0.25) is 0 Å². The van der Waals surface area contributed by atoms with Crippen molar-refractivity contribution in [1.82, 2.24) is 0 Å². The zero-order chi connectivity index (χ0) is 21.3. The van der Waals surface area contributed by atoms with E-state index < -0.39 is 5.91 Å². The van der Waals surface area contributed by atoms with Crippen molar-refractivity contribution in [3.63, 3.8) is 0 Å². The lowest BCUT2D eigenvalue weighted by Gasteiger charge is -2.15. The largest absolute Gasteiger partial charge is 0.350 e. The van der Waals surface area contributed by atoms with Gasteiger partial charge in [-0.3, -0.25) is 9.59 Å². The molecular weight excluding hydrogens is 394 g/mol. The summed E-state index contributed by atoms with van der Waals surface area (Å²) in [7, 11) is 0. The van der Waals surface area contributed by atoms with Gasteiger partial charge in [0.15, 0.2) is 0 Å². The molecule has 2 aromatic carbocycles. The predicted molar refractivity (Wildman–Crippen MR) is 119 cm³/mol. The molecule has 2 heterocycles. The first-order valence-electron chi connectivity index (χ1n) is 9.53. The third-order valence-corrected chi connectivity index (χ3v) is 5.84. The number of carbonyl (C=O) groups is 2. The Morgan fingerprint density at radius 1 is 0.967 bits per heavy atom. The number of hydrogen-bond donors (Lipinski definition) is 1. The molecule has 0 saturated carbocycles. The molecule has 0 fully saturated rings. The highest BCUT2D eigenvalue weighted by Gasteiger charge is 2.40. The number of thiophene rings is 1. The van der Waals surface area contributed by atoms with E-state index in [9.17, 15) is 9.59 Å². The Morgan fingerprint density at radius 3 is 2.23 bits per heavy atom. The molecule has 30 heavy (non-hydrogen) atoms. The molecule has 0 spiro atoms. The molecule has 2 amide bonds. The van der Waals surface area contributed by atoms with E-state index in [0.29, 0.717) is 22.7 Å².